The topological polar surface area (TPSA) is 83.6 Å². The van der Waals surface area contributed by atoms with E-state index in [0.29, 0.717) is 11.7 Å². The molecule has 2 atom stereocenters. The van der Waals surface area contributed by atoms with Gasteiger partial charge in [0.1, 0.15) is 18.1 Å². The van der Waals surface area contributed by atoms with Gasteiger partial charge in [-0.25, -0.2) is 15.0 Å². The number of carbonyl (C=O) groups is 1. The molecular formula is C11H13N5O. The van der Waals surface area contributed by atoms with Crippen LogP contribution in [-0.2, 0) is 4.79 Å². The molecule has 2 aromatic heterocycles. The molecular weight excluding hydrogens is 218 g/mol. The van der Waals surface area contributed by atoms with Gasteiger partial charge in [-0.2, -0.15) is 0 Å². The first-order chi connectivity index (χ1) is 8.36. The molecule has 17 heavy (non-hydrogen) atoms. The van der Waals surface area contributed by atoms with Gasteiger partial charge in [-0.05, 0) is 19.3 Å². The Morgan fingerprint density at radius 2 is 2.29 bits per heavy atom. The van der Waals surface area contributed by atoms with Gasteiger partial charge < -0.3 is 15.1 Å². The van der Waals surface area contributed by atoms with Crippen LogP contribution in [0.2, 0.25) is 0 Å². The van der Waals surface area contributed by atoms with Gasteiger partial charge in [0.2, 0.25) is 0 Å². The number of rotatable bonds is 3. The van der Waals surface area contributed by atoms with Gasteiger partial charge in [0, 0.05) is 12.0 Å². The number of aromatic amines is 1. The molecule has 6 nitrogen and oxygen atoms in total. The summed E-state index contributed by atoms with van der Waals surface area (Å²) in [5, 5.41) is 3.35. The first kappa shape index (κ1) is 10.2. The van der Waals surface area contributed by atoms with E-state index in [0.717, 1.165) is 36.9 Å². The summed E-state index contributed by atoms with van der Waals surface area (Å²) >= 11 is 0. The lowest BCUT2D eigenvalue weighted by atomic mass is 10.1. The monoisotopic (exact) mass is 231 g/mol. The molecule has 1 saturated carbocycles. The van der Waals surface area contributed by atoms with Crippen molar-refractivity contribution < 1.29 is 4.79 Å². The van der Waals surface area contributed by atoms with Gasteiger partial charge in [-0.3, -0.25) is 0 Å². The molecule has 1 fully saturated rings. The number of imidazole rings is 1. The molecule has 2 N–H and O–H groups in total. The highest BCUT2D eigenvalue weighted by molar-refractivity contribution is 5.82. The van der Waals surface area contributed by atoms with Crippen LogP contribution < -0.4 is 5.32 Å². The van der Waals surface area contributed by atoms with Crippen LogP contribution in [0.15, 0.2) is 12.7 Å². The smallest absolute Gasteiger partial charge is 0.182 e. The van der Waals surface area contributed by atoms with Crippen LogP contribution in [0.1, 0.15) is 19.3 Å². The zero-order chi connectivity index (χ0) is 11.7. The summed E-state index contributed by atoms with van der Waals surface area (Å²) in [6.45, 7) is 0. The standard InChI is InChI=1S/C11H13N5O/c17-4-7-1-2-8(3-7)16-11-9-10(13-5-12-9)14-6-15-11/h4-8H,1-3H2,(H2,12,13,14,15,16)/t7-,8-/m1/s1. The molecule has 3 rings (SSSR count). The van der Waals surface area contributed by atoms with Crippen molar-refractivity contribution in [2.24, 2.45) is 5.92 Å². The first-order valence-electron chi connectivity index (χ1n) is 5.72. The average molecular weight is 231 g/mol. The molecule has 0 aliphatic heterocycles. The number of H-pyrrole nitrogens is 1. The minimum Gasteiger partial charge on any atom is -0.365 e. The Hall–Kier alpha value is -1.98. The Morgan fingerprint density at radius 3 is 3.12 bits per heavy atom. The Kier molecular flexibility index (Phi) is 2.47. The van der Waals surface area contributed by atoms with Crippen molar-refractivity contribution in [1.29, 1.82) is 0 Å². The van der Waals surface area contributed by atoms with E-state index < -0.39 is 0 Å². The molecule has 0 unspecified atom stereocenters. The summed E-state index contributed by atoms with van der Waals surface area (Å²) in [5.74, 6) is 0.954. The third-order valence-corrected chi connectivity index (χ3v) is 3.23. The van der Waals surface area contributed by atoms with Gasteiger partial charge in [0.15, 0.2) is 11.5 Å². The minimum absolute atomic E-state index is 0.187. The Labute approximate surface area is 97.9 Å². The number of carbonyl (C=O) groups excluding carboxylic acids is 1. The third kappa shape index (κ3) is 1.86. The van der Waals surface area contributed by atoms with Crippen LogP contribution >= 0.6 is 0 Å². The zero-order valence-electron chi connectivity index (χ0n) is 9.26. The number of hydrogen-bond donors (Lipinski definition) is 2. The van der Waals surface area contributed by atoms with Crippen molar-refractivity contribution in [3.8, 4) is 0 Å². The largest absolute Gasteiger partial charge is 0.365 e. The predicted molar refractivity (Wildman–Crippen MR) is 62.5 cm³/mol. The summed E-state index contributed by atoms with van der Waals surface area (Å²) in [7, 11) is 0. The fourth-order valence-corrected chi connectivity index (χ4v) is 2.34. The second kappa shape index (κ2) is 4.12. The van der Waals surface area contributed by atoms with E-state index in [1.165, 1.54) is 6.33 Å². The van der Waals surface area contributed by atoms with E-state index in [-0.39, 0.29) is 5.92 Å². The van der Waals surface area contributed by atoms with Gasteiger partial charge in [-0.15, -0.1) is 0 Å². The Morgan fingerprint density at radius 1 is 1.35 bits per heavy atom. The van der Waals surface area contributed by atoms with E-state index in [9.17, 15) is 4.79 Å². The van der Waals surface area contributed by atoms with Crippen molar-refractivity contribution in [1.82, 2.24) is 19.9 Å². The predicted octanol–water partition coefficient (Wildman–Crippen LogP) is 1.13. The van der Waals surface area contributed by atoms with E-state index >= 15 is 0 Å². The summed E-state index contributed by atoms with van der Waals surface area (Å²) in [6, 6.07) is 0.312. The van der Waals surface area contributed by atoms with E-state index in [1.807, 2.05) is 0 Å². The number of hydrogen-bond acceptors (Lipinski definition) is 5. The lowest BCUT2D eigenvalue weighted by Crippen LogP contribution is -2.17. The molecule has 0 amide bonds. The quantitative estimate of drug-likeness (QED) is 0.774. The highest BCUT2D eigenvalue weighted by Crippen LogP contribution is 2.27. The van der Waals surface area contributed by atoms with Crippen molar-refractivity contribution in [2.45, 2.75) is 25.3 Å². The first-order valence-corrected chi connectivity index (χ1v) is 5.72. The number of nitrogens with one attached hydrogen (secondary N) is 2. The lowest BCUT2D eigenvalue weighted by Gasteiger charge is -2.12. The highest BCUT2D eigenvalue weighted by Gasteiger charge is 2.24. The number of fused-ring (bicyclic) bond motifs is 1. The molecule has 0 aromatic carbocycles. The molecule has 0 radical (unpaired) electrons. The lowest BCUT2D eigenvalue weighted by molar-refractivity contribution is -0.110. The van der Waals surface area contributed by atoms with Crippen LogP contribution in [0.3, 0.4) is 0 Å². The number of anilines is 1. The second-order valence-corrected chi connectivity index (χ2v) is 4.37. The maximum absolute atomic E-state index is 10.7. The Bertz CT molecular complexity index is 537. The van der Waals surface area contributed by atoms with Crippen molar-refractivity contribution in [3.63, 3.8) is 0 Å². The third-order valence-electron chi connectivity index (χ3n) is 3.23. The van der Waals surface area contributed by atoms with Crippen LogP contribution in [0.5, 0.6) is 0 Å². The summed E-state index contributed by atoms with van der Waals surface area (Å²) in [4.78, 5) is 26.1. The maximum atomic E-state index is 10.7. The molecule has 2 heterocycles. The van der Waals surface area contributed by atoms with Crippen LogP contribution in [0, 0.1) is 5.92 Å². The van der Waals surface area contributed by atoms with Crippen molar-refractivity contribution in [2.75, 3.05) is 5.32 Å². The molecule has 88 valence electrons. The normalized spacial score (nSPS) is 24.0. The van der Waals surface area contributed by atoms with E-state index in [4.69, 9.17) is 0 Å². The molecule has 1 aliphatic carbocycles. The van der Waals surface area contributed by atoms with E-state index in [1.54, 1.807) is 6.33 Å². The molecule has 6 heteroatoms. The molecule has 0 spiro atoms. The zero-order valence-corrected chi connectivity index (χ0v) is 9.26. The van der Waals surface area contributed by atoms with Gasteiger partial charge in [0.25, 0.3) is 0 Å². The molecule has 1 aliphatic rings. The van der Waals surface area contributed by atoms with Crippen LogP contribution in [0.4, 0.5) is 5.82 Å². The van der Waals surface area contributed by atoms with Gasteiger partial charge in [0.05, 0.1) is 6.33 Å². The van der Waals surface area contributed by atoms with E-state index in [2.05, 4.69) is 25.3 Å². The van der Waals surface area contributed by atoms with Crippen molar-refractivity contribution >= 4 is 23.3 Å². The van der Waals surface area contributed by atoms with Gasteiger partial charge >= 0.3 is 0 Å². The summed E-state index contributed by atoms with van der Waals surface area (Å²) in [5.41, 5.74) is 1.48. The second-order valence-electron chi connectivity index (χ2n) is 4.37. The SMILES string of the molecule is O=C[C@@H]1CC[C@@H](Nc2ncnc3nc[nH]c23)C1. The fraction of sp³-hybridized carbons (Fsp3) is 0.455. The van der Waals surface area contributed by atoms with Crippen LogP contribution in [0.25, 0.3) is 11.2 Å². The van der Waals surface area contributed by atoms with Gasteiger partial charge in [-0.1, -0.05) is 0 Å². The highest BCUT2D eigenvalue weighted by atomic mass is 16.1. The average Bonchev–Trinajstić information content (AvgIpc) is 2.97. The summed E-state index contributed by atoms with van der Waals surface area (Å²) in [6.07, 6.45) is 6.99. The minimum atomic E-state index is 0.187. The number of nitrogens with zero attached hydrogens (tertiary/aromatic N) is 3. The fourth-order valence-electron chi connectivity index (χ4n) is 2.34. The van der Waals surface area contributed by atoms with Crippen molar-refractivity contribution in [3.05, 3.63) is 12.7 Å². The molecule has 2 aromatic rings. The molecule has 0 bridgehead atoms. The summed E-state index contributed by atoms with van der Waals surface area (Å²) < 4.78 is 0. The number of aldehydes is 1. The number of aromatic nitrogens is 4. The maximum Gasteiger partial charge on any atom is 0.182 e. The molecule has 0 saturated heterocycles. The van der Waals surface area contributed by atoms with Crippen LogP contribution in [-0.4, -0.2) is 32.3 Å². The Balaban J connectivity index is 1.81.